The normalized spacial score (nSPS) is 21.8. The summed E-state index contributed by atoms with van der Waals surface area (Å²) in [6.45, 7) is -3.63. The van der Waals surface area contributed by atoms with Crippen molar-refractivity contribution in [3.05, 3.63) is 11.5 Å². The number of nitrogens with zero attached hydrogens (tertiary/aromatic N) is 4. The monoisotopic (exact) mass is 727 g/mol. The van der Waals surface area contributed by atoms with Crippen LogP contribution in [0, 0.1) is 0 Å². The van der Waals surface area contributed by atoms with Gasteiger partial charge in [-0.15, -0.1) is 0 Å². The molecule has 22 heteroatoms. The molecule has 1 aliphatic heterocycles. The van der Waals surface area contributed by atoms with E-state index >= 15 is 0 Å². The molecular formula is C26H39ClN5O15P. The Morgan fingerprint density at radius 3 is 2.17 bits per heavy atom. The first-order valence-electron chi connectivity index (χ1n) is 14.8. The molecule has 0 radical (unpaired) electrons. The molecule has 4 atom stereocenters. The molecule has 1 aliphatic carbocycles. The number of methoxy groups -OCH3 is 2. The molecule has 2 aromatic rings. The van der Waals surface area contributed by atoms with E-state index in [9.17, 15) is 34.2 Å². The topological polar surface area (TPSA) is 262 Å². The number of halogens is 1. The van der Waals surface area contributed by atoms with Gasteiger partial charge in [-0.1, -0.05) is 12.8 Å². The highest BCUT2D eigenvalue weighted by Crippen LogP contribution is 2.52. The summed E-state index contributed by atoms with van der Waals surface area (Å²) >= 11 is 6.20. The predicted molar refractivity (Wildman–Crippen MR) is 161 cm³/mol. The van der Waals surface area contributed by atoms with Crippen molar-refractivity contribution >= 4 is 48.4 Å². The zero-order chi connectivity index (χ0) is 34.9. The van der Waals surface area contributed by atoms with E-state index < -0.39 is 69.6 Å². The number of aliphatic hydroxyl groups is 2. The van der Waals surface area contributed by atoms with Crippen molar-refractivity contribution in [1.29, 1.82) is 0 Å². The highest BCUT2D eigenvalue weighted by Gasteiger charge is 2.54. The Kier molecular flexibility index (Phi) is 13.5. The maximum atomic E-state index is 12.8. The van der Waals surface area contributed by atoms with Crippen LogP contribution in [0.3, 0.4) is 0 Å². The number of hydrogen-bond donors (Lipinski definition) is 5. The van der Waals surface area contributed by atoms with E-state index in [-0.39, 0.29) is 43.4 Å². The van der Waals surface area contributed by atoms with E-state index in [4.69, 9.17) is 49.5 Å². The fourth-order valence-electron chi connectivity index (χ4n) is 4.99. The van der Waals surface area contributed by atoms with Gasteiger partial charge in [-0.25, -0.2) is 14.3 Å². The third-order valence-corrected chi connectivity index (χ3v) is 9.21. The van der Waals surface area contributed by atoms with E-state index in [1.54, 1.807) is 0 Å². The van der Waals surface area contributed by atoms with Crippen LogP contribution in [-0.2, 0) is 42.5 Å². The molecule has 20 nitrogen and oxygen atoms in total. The van der Waals surface area contributed by atoms with E-state index in [1.165, 1.54) is 25.1 Å². The smallest absolute Gasteiger partial charge is 0.432 e. The van der Waals surface area contributed by atoms with Crippen molar-refractivity contribution in [2.45, 2.75) is 61.6 Å². The Balaban J connectivity index is 1.52. The SMILES string of the molecule is COCCOC(=O)OCC(COC(=O)OCCOC)(OC[C@H]1O[C@@H](n2ncc3c(NC4CCCC4)nc(Cl)nc32)[C@H](O)[C@@H]1O)P(=O)(O)O. The number of nitrogens with one attached hydrogen (secondary N) is 1. The number of aromatic nitrogens is 4. The van der Waals surface area contributed by atoms with Gasteiger partial charge < -0.3 is 63.2 Å². The number of aliphatic hydroxyl groups excluding tert-OH is 2. The number of rotatable bonds is 17. The quantitative estimate of drug-likeness (QED) is 0.0657. The molecular weight excluding hydrogens is 689 g/mol. The van der Waals surface area contributed by atoms with Gasteiger partial charge in [0.25, 0.3) is 0 Å². The molecule has 2 fully saturated rings. The summed E-state index contributed by atoms with van der Waals surface area (Å²) in [6, 6.07) is 0.181. The summed E-state index contributed by atoms with van der Waals surface area (Å²) in [5.41, 5.74) is 0.179. The fourth-order valence-corrected chi connectivity index (χ4v) is 5.86. The van der Waals surface area contributed by atoms with E-state index in [2.05, 4.69) is 20.4 Å². The van der Waals surface area contributed by atoms with E-state index in [1.807, 2.05) is 0 Å². The molecule has 0 amide bonds. The van der Waals surface area contributed by atoms with Gasteiger partial charge in [0, 0.05) is 20.3 Å². The highest BCUT2D eigenvalue weighted by molar-refractivity contribution is 7.53. The van der Waals surface area contributed by atoms with Gasteiger partial charge in [0.2, 0.25) is 10.6 Å². The molecule has 5 N–H and O–H groups in total. The summed E-state index contributed by atoms with van der Waals surface area (Å²) in [7, 11) is -2.78. The highest BCUT2D eigenvalue weighted by atomic mass is 35.5. The lowest BCUT2D eigenvalue weighted by Gasteiger charge is -2.33. The minimum Gasteiger partial charge on any atom is -0.432 e. The molecule has 2 aromatic heterocycles. The third-order valence-electron chi connectivity index (χ3n) is 7.59. The van der Waals surface area contributed by atoms with Gasteiger partial charge in [0.05, 0.1) is 31.4 Å². The van der Waals surface area contributed by atoms with Crippen LogP contribution in [0.15, 0.2) is 6.20 Å². The van der Waals surface area contributed by atoms with Crippen molar-refractivity contribution in [3.63, 3.8) is 0 Å². The average Bonchev–Trinajstić information content (AvgIpc) is 3.77. The lowest BCUT2D eigenvalue weighted by atomic mass is 10.1. The second kappa shape index (κ2) is 17.1. The predicted octanol–water partition coefficient (Wildman–Crippen LogP) is 0.943. The van der Waals surface area contributed by atoms with Crippen molar-refractivity contribution in [2.75, 3.05) is 65.8 Å². The van der Waals surface area contributed by atoms with Crippen LogP contribution < -0.4 is 5.32 Å². The zero-order valence-electron chi connectivity index (χ0n) is 26.1. The first kappa shape index (κ1) is 37.9. The standard InChI is InChI=1S/C26H39ClN5O15P/c1-40-7-9-42-24(35)44-13-26(48(37,38)39,14-45-25(36)43-10-8-41-2)46-12-17-18(33)19(34)22(47-17)32-21-16(11-28-32)20(30-23(27)31-21)29-15-5-3-4-6-15/h11,15,17-19,22,33-34H,3-10,12-14H2,1-2H3,(H,29,30,31)(H2,37,38,39)/t17-,18-,19-,22-/m1/s1. The number of ether oxygens (including phenoxy) is 8. The van der Waals surface area contributed by atoms with Crippen molar-refractivity contribution in [1.82, 2.24) is 19.7 Å². The van der Waals surface area contributed by atoms with Gasteiger partial charge in [0.15, 0.2) is 11.9 Å². The molecule has 2 aliphatic rings. The maximum Gasteiger partial charge on any atom is 0.508 e. The summed E-state index contributed by atoms with van der Waals surface area (Å²) in [5.74, 6) is 0.434. The van der Waals surface area contributed by atoms with Gasteiger partial charge in [-0.3, -0.25) is 4.57 Å². The summed E-state index contributed by atoms with van der Waals surface area (Å²) in [5, 5.41) is 27.0. The second-order valence-corrected chi connectivity index (χ2v) is 13.1. The average molecular weight is 728 g/mol. The number of carbonyl (C=O) groups is 2. The second-order valence-electron chi connectivity index (χ2n) is 10.9. The zero-order valence-corrected chi connectivity index (χ0v) is 27.8. The summed E-state index contributed by atoms with van der Waals surface area (Å²) in [6.07, 6.45) is -3.30. The Morgan fingerprint density at radius 1 is 1.00 bits per heavy atom. The Morgan fingerprint density at radius 2 is 1.60 bits per heavy atom. The molecule has 1 saturated carbocycles. The van der Waals surface area contributed by atoms with Crippen LogP contribution in [0.1, 0.15) is 31.9 Å². The van der Waals surface area contributed by atoms with Gasteiger partial charge in [-0.2, -0.15) is 15.1 Å². The molecule has 0 spiro atoms. The number of fused-ring (bicyclic) bond motifs is 1. The molecule has 4 rings (SSSR count). The molecule has 3 heterocycles. The number of carbonyl (C=O) groups excluding carboxylic acids is 2. The lowest BCUT2D eigenvalue weighted by molar-refractivity contribution is -0.129. The minimum atomic E-state index is -5.49. The van der Waals surface area contributed by atoms with Gasteiger partial charge in [-0.05, 0) is 24.4 Å². The first-order chi connectivity index (χ1) is 22.9. The molecule has 0 bridgehead atoms. The number of hydrogen-bond acceptors (Lipinski definition) is 17. The fraction of sp³-hybridized carbons (Fsp3) is 0.731. The summed E-state index contributed by atoms with van der Waals surface area (Å²) < 4.78 is 54.2. The Labute approximate surface area is 279 Å². The van der Waals surface area contributed by atoms with E-state index in [0.717, 1.165) is 25.7 Å². The van der Waals surface area contributed by atoms with Crippen molar-refractivity contribution in [3.8, 4) is 0 Å². The molecule has 270 valence electrons. The van der Waals surface area contributed by atoms with Crippen molar-refractivity contribution < 1.29 is 72.0 Å². The van der Waals surface area contributed by atoms with Crippen LogP contribution >= 0.6 is 19.2 Å². The number of anilines is 1. The summed E-state index contributed by atoms with van der Waals surface area (Å²) in [4.78, 5) is 53.4. The Hall–Kier alpha value is -2.91. The minimum absolute atomic E-state index is 0.00812. The van der Waals surface area contributed by atoms with Crippen LogP contribution in [-0.4, -0.2) is 142 Å². The van der Waals surface area contributed by atoms with Crippen LogP contribution in [0.2, 0.25) is 5.28 Å². The third kappa shape index (κ3) is 9.41. The molecule has 48 heavy (non-hydrogen) atoms. The Bertz CT molecular complexity index is 1400. The van der Waals surface area contributed by atoms with Gasteiger partial charge in [0.1, 0.15) is 50.6 Å². The molecule has 1 saturated heterocycles. The molecule has 0 aromatic carbocycles. The van der Waals surface area contributed by atoms with E-state index in [0.29, 0.717) is 11.2 Å². The maximum absolute atomic E-state index is 12.8. The van der Waals surface area contributed by atoms with Gasteiger partial charge >= 0.3 is 19.9 Å². The van der Waals surface area contributed by atoms with Crippen LogP contribution in [0.4, 0.5) is 15.4 Å². The van der Waals surface area contributed by atoms with Crippen LogP contribution in [0.5, 0.6) is 0 Å². The largest absolute Gasteiger partial charge is 0.508 e. The van der Waals surface area contributed by atoms with Crippen LogP contribution in [0.25, 0.3) is 11.0 Å². The van der Waals surface area contributed by atoms with Crippen molar-refractivity contribution in [2.24, 2.45) is 0 Å². The molecule has 0 unspecified atom stereocenters. The lowest BCUT2D eigenvalue weighted by Crippen LogP contribution is -2.46. The first-order valence-corrected chi connectivity index (χ1v) is 16.8.